The number of nitrogens with zero attached hydrogens (tertiary/aromatic N) is 1. The van der Waals surface area contributed by atoms with Gasteiger partial charge in [0, 0.05) is 24.2 Å². The molecule has 18 heavy (non-hydrogen) atoms. The van der Waals surface area contributed by atoms with Crippen molar-refractivity contribution >= 4 is 0 Å². The zero-order valence-corrected chi connectivity index (χ0v) is 13.3. The molecule has 1 aliphatic rings. The first-order chi connectivity index (χ1) is 8.50. The normalized spacial score (nSPS) is 20.3. The number of hydrogen-bond donors (Lipinski definition) is 1. The van der Waals surface area contributed by atoms with Crippen LogP contribution in [0.15, 0.2) is 0 Å². The molecular weight excluding hydrogens is 220 g/mol. The molecule has 2 nitrogen and oxygen atoms in total. The Hall–Kier alpha value is -0.0800. The van der Waals surface area contributed by atoms with Gasteiger partial charge in [0.1, 0.15) is 0 Å². The molecule has 1 unspecified atom stereocenters. The highest BCUT2D eigenvalue weighted by Gasteiger charge is 2.25. The first kappa shape index (κ1) is 16.0. The zero-order valence-electron chi connectivity index (χ0n) is 13.3. The Morgan fingerprint density at radius 2 is 1.78 bits per heavy atom. The van der Waals surface area contributed by atoms with Gasteiger partial charge in [0.15, 0.2) is 0 Å². The van der Waals surface area contributed by atoms with E-state index in [1.165, 1.54) is 45.1 Å². The van der Waals surface area contributed by atoms with Crippen LogP contribution >= 0.6 is 0 Å². The molecule has 1 N–H and O–H groups in total. The third kappa shape index (κ3) is 4.89. The van der Waals surface area contributed by atoms with Gasteiger partial charge >= 0.3 is 0 Å². The van der Waals surface area contributed by atoms with Crippen molar-refractivity contribution in [3.05, 3.63) is 0 Å². The number of nitrogens with one attached hydrogen (secondary N) is 1. The number of rotatable bonds is 7. The lowest BCUT2D eigenvalue weighted by molar-refractivity contribution is 0.112. The first-order valence-electron chi connectivity index (χ1n) is 8.01. The van der Waals surface area contributed by atoms with Crippen molar-refractivity contribution in [2.75, 3.05) is 13.1 Å². The van der Waals surface area contributed by atoms with Gasteiger partial charge in [0.05, 0.1) is 0 Å². The Kier molecular flexibility index (Phi) is 6.65. The Morgan fingerprint density at radius 1 is 1.17 bits per heavy atom. The molecule has 0 radical (unpaired) electrons. The molecule has 0 bridgehead atoms. The summed E-state index contributed by atoms with van der Waals surface area (Å²) in [5, 5.41) is 3.72. The molecule has 0 spiro atoms. The molecule has 1 rings (SSSR count). The first-order valence-corrected chi connectivity index (χ1v) is 8.01. The summed E-state index contributed by atoms with van der Waals surface area (Å²) in [5.41, 5.74) is 0.278. The lowest BCUT2D eigenvalue weighted by atomic mass is 9.93. The number of likely N-dealkylation sites (N-methyl/N-ethyl adjacent to an activating group) is 1. The summed E-state index contributed by atoms with van der Waals surface area (Å²) in [4.78, 5) is 2.72. The van der Waals surface area contributed by atoms with Gasteiger partial charge in [0.2, 0.25) is 0 Å². The van der Waals surface area contributed by atoms with Crippen LogP contribution in [-0.2, 0) is 0 Å². The maximum absolute atomic E-state index is 3.72. The van der Waals surface area contributed by atoms with E-state index in [2.05, 4.69) is 44.8 Å². The van der Waals surface area contributed by atoms with Crippen molar-refractivity contribution in [2.45, 2.75) is 90.8 Å². The highest BCUT2D eigenvalue weighted by molar-refractivity contribution is 4.83. The molecule has 0 heterocycles. The molecule has 0 aromatic rings. The molecule has 2 heteroatoms. The van der Waals surface area contributed by atoms with Crippen LogP contribution in [0.5, 0.6) is 0 Å². The Labute approximate surface area is 115 Å². The van der Waals surface area contributed by atoms with Gasteiger partial charge < -0.3 is 5.32 Å². The molecule has 0 amide bonds. The van der Waals surface area contributed by atoms with E-state index in [4.69, 9.17) is 0 Å². The predicted molar refractivity (Wildman–Crippen MR) is 81.1 cm³/mol. The Balaban J connectivity index is 2.43. The van der Waals surface area contributed by atoms with Crippen molar-refractivity contribution in [2.24, 2.45) is 0 Å². The lowest BCUT2D eigenvalue weighted by Gasteiger charge is -2.39. The minimum atomic E-state index is 0.278. The molecule has 1 fully saturated rings. The highest BCUT2D eigenvalue weighted by atomic mass is 15.2. The van der Waals surface area contributed by atoms with E-state index in [0.717, 1.165) is 12.6 Å². The maximum Gasteiger partial charge on any atom is 0.0195 e. The summed E-state index contributed by atoms with van der Waals surface area (Å²) in [6.45, 7) is 13.9. The summed E-state index contributed by atoms with van der Waals surface area (Å²) in [7, 11) is 0. The van der Waals surface area contributed by atoms with Crippen molar-refractivity contribution < 1.29 is 0 Å². The van der Waals surface area contributed by atoms with E-state index in [1.54, 1.807) is 0 Å². The van der Waals surface area contributed by atoms with Gasteiger partial charge in [-0.3, -0.25) is 4.90 Å². The van der Waals surface area contributed by atoms with Gasteiger partial charge in [-0.15, -0.1) is 0 Å². The fourth-order valence-corrected chi connectivity index (χ4v) is 3.01. The van der Waals surface area contributed by atoms with Gasteiger partial charge in [-0.2, -0.15) is 0 Å². The molecule has 0 aromatic carbocycles. The second-order valence-corrected chi connectivity index (χ2v) is 6.59. The monoisotopic (exact) mass is 254 g/mol. The minimum absolute atomic E-state index is 0.278. The van der Waals surface area contributed by atoms with E-state index >= 15 is 0 Å². The van der Waals surface area contributed by atoms with Gasteiger partial charge in [-0.1, -0.05) is 33.1 Å². The van der Waals surface area contributed by atoms with E-state index in [-0.39, 0.29) is 5.54 Å². The van der Waals surface area contributed by atoms with Gasteiger partial charge in [0.25, 0.3) is 0 Å². The third-order valence-electron chi connectivity index (χ3n) is 4.73. The van der Waals surface area contributed by atoms with Crippen LogP contribution in [0.1, 0.15) is 73.1 Å². The fraction of sp³-hybridized carbons (Fsp3) is 1.00. The maximum atomic E-state index is 3.72. The minimum Gasteiger partial charge on any atom is -0.310 e. The van der Waals surface area contributed by atoms with Crippen LogP contribution in [-0.4, -0.2) is 35.6 Å². The van der Waals surface area contributed by atoms with E-state index in [9.17, 15) is 0 Å². The molecule has 0 aromatic heterocycles. The van der Waals surface area contributed by atoms with Crippen LogP contribution in [0, 0.1) is 0 Å². The standard InChI is InChI=1S/C16H34N2/c1-6-16(4,5)17-13-14(3)18(7-2)15-11-9-8-10-12-15/h14-15,17H,6-13H2,1-5H3. The lowest BCUT2D eigenvalue weighted by Crippen LogP contribution is -2.50. The Bertz CT molecular complexity index is 219. The predicted octanol–water partition coefficient (Wildman–Crippen LogP) is 3.81. The summed E-state index contributed by atoms with van der Waals surface area (Å²) in [5.74, 6) is 0. The summed E-state index contributed by atoms with van der Waals surface area (Å²) in [6.07, 6.45) is 8.33. The van der Waals surface area contributed by atoms with Crippen LogP contribution in [0.2, 0.25) is 0 Å². The van der Waals surface area contributed by atoms with Crippen LogP contribution in [0.4, 0.5) is 0 Å². The molecule has 0 saturated heterocycles. The van der Waals surface area contributed by atoms with Crippen molar-refractivity contribution in [1.82, 2.24) is 10.2 Å². The molecule has 0 aliphatic heterocycles. The molecule has 1 atom stereocenters. The van der Waals surface area contributed by atoms with Crippen LogP contribution < -0.4 is 5.32 Å². The second-order valence-electron chi connectivity index (χ2n) is 6.59. The highest BCUT2D eigenvalue weighted by Crippen LogP contribution is 2.24. The molecule has 1 saturated carbocycles. The van der Waals surface area contributed by atoms with Crippen molar-refractivity contribution in [3.8, 4) is 0 Å². The average molecular weight is 254 g/mol. The summed E-state index contributed by atoms with van der Waals surface area (Å²) < 4.78 is 0. The van der Waals surface area contributed by atoms with Crippen molar-refractivity contribution in [3.63, 3.8) is 0 Å². The van der Waals surface area contributed by atoms with Gasteiger partial charge in [-0.05, 0) is 46.6 Å². The zero-order chi connectivity index (χ0) is 13.6. The SMILES string of the molecule is CCN(C(C)CNC(C)(C)CC)C1CCCCC1. The smallest absolute Gasteiger partial charge is 0.0195 e. The van der Waals surface area contributed by atoms with Crippen LogP contribution in [0.3, 0.4) is 0 Å². The largest absolute Gasteiger partial charge is 0.310 e. The fourth-order valence-electron chi connectivity index (χ4n) is 3.01. The Morgan fingerprint density at radius 3 is 2.28 bits per heavy atom. The third-order valence-corrected chi connectivity index (χ3v) is 4.73. The van der Waals surface area contributed by atoms with Crippen molar-refractivity contribution in [1.29, 1.82) is 0 Å². The van der Waals surface area contributed by atoms with Crippen LogP contribution in [0.25, 0.3) is 0 Å². The number of hydrogen-bond acceptors (Lipinski definition) is 2. The van der Waals surface area contributed by atoms with Gasteiger partial charge in [-0.25, -0.2) is 0 Å². The molecule has 1 aliphatic carbocycles. The summed E-state index contributed by atoms with van der Waals surface area (Å²) >= 11 is 0. The quantitative estimate of drug-likeness (QED) is 0.743. The molecular formula is C16H34N2. The topological polar surface area (TPSA) is 15.3 Å². The average Bonchev–Trinajstić information content (AvgIpc) is 2.39. The molecule has 108 valence electrons. The van der Waals surface area contributed by atoms with E-state index in [0.29, 0.717) is 6.04 Å². The second kappa shape index (κ2) is 7.49. The van der Waals surface area contributed by atoms with E-state index in [1.807, 2.05) is 0 Å². The summed E-state index contributed by atoms with van der Waals surface area (Å²) in [6, 6.07) is 1.49. The van der Waals surface area contributed by atoms with E-state index < -0.39 is 0 Å².